The van der Waals surface area contributed by atoms with Gasteiger partial charge in [0.2, 0.25) is 0 Å². The first-order chi connectivity index (χ1) is 12.7. The zero-order valence-corrected chi connectivity index (χ0v) is 18.4. The van der Waals surface area contributed by atoms with Crippen molar-refractivity contribution in [2.75, 3.05) is 0 Å². The summed E-state index contributed by atoms with van der Waals surface area (Å²) in [7, 11) is 0. The topological polar surface area (TPSA) is 52.6 Å². The summed E-state index contributed by atoms with van der Waals surface area (Å²) in [6.07, 6.45) is 9.54. The number of rotatable bonds is 8. The summed E-state index contributed by atoms with van der Waals surface area (Å²) in [6.45, 7) is 11.9. The van der Waals surface area contributed by atoms with E-state index >= 15 is 0 Å². The Labute approximate surface area is 165 Å². The monoisotopic (exact) mass is 380 g/mol. The summed E-state index contributed by atoms with van der Waals surface area (Å²) in [5.41, 5.74) is -2.04. The maximum Gasteiger partial charge on any atom is 0.324 e. The van der Waals surface area contributed by atoms with Gasteiger partial charge in [-0.3, -0.25) is 9.59 Å². The molecule has 0 unspecified atom stereocenters. The van der Waals surface area contributed by atoms with Gasteiger partial charge in [-0.1, -0.05) is 41.5 Å². The summed E-state index contributed by atoms with van der Waals surface area (Å²) in [5, 5.41) is 0. The molecule has 0 aromatic rings. The molecule has 0 aliphatic heterocycles. The summed E-state index contributed by atoms with van der Waals surface area (Å²) in [5.74, 6) is -1.10. The lowest BCUT2D eigenvalue weighted by molar-refractivity contribution is -0.198. The molecule has 0 radical (unpaired) electrons. The van der Waals surface area contributed by atoms with Crippen molar-refractivity contribution in [3.63, 3.8) is 0 Å². The lowest BCUT2D eigenvalue weighted by Gasteiger charge is -2.42. The number of hydrogen-bond acceptors (Lipinski definition) is 4. The highest BCUT2D eigenvalue weighted by Gasteiger charge is 2.57. The van der Waals surface area contributed by atoms with E-state index in [2.05, 4.69) is 13.8 Å². The molecule has 2 aliphatic carbocycles. The summed E-state index contributed by atoms with van der Waals surface area (Å²) < 4.78 is 12.3. The standard InChI is InChI=1S/C23H40O4/c1-7-21(13-9-10-14-21)26-19(24)23(17(3)4,18(5)6)20(25)27-22(8-2)15-11-12-16-22/h17-18H,7-16H2,1-6H3. The Balaban J connectivity index is 2.33. The average molecular weight is 381 g/mol. The van der Waals surface area contributed by atoms with E-state index in [1.807, 2.05) is 27.7 Å². The molecule has 0 bridgehead atoms. The Bertz CT molecular complexity index is 474. The van der Waals surface area contributed by atoms with Crippen molar-refractivity contribution in [1.29, 1.82) is 0 Å². The second kappa shape index (κ2) is 8.53. The fraction of sp³-hybridized carbons (Fsp3) is 0.913. The average Bonchev–Trinajstić information content (AvgIpc) is 3.25. The predicted molar refractivity (Wildman–Crippen MR) is 107 cm³/mol. The summed E-state index contributed by atoms with van der Waals surface area (Å²) in [6, 6.07) is 0. The van der Waals surface area contributed by atoms with Gasteiger partial charge in [0, 0.05) is 0 Å². The van der Waals surface area contributed by atoms with Crippen LogP contribution in [0.5, 0.6) is 0 Å². The van der Waals surface area contributed by atoms with Gasteiger partial charge in [0.05, 0.1) is 0 Å². The molecule has 2 saturated carbocycles. The van der Waals surface area contributed by atoms with E-state index in [-0.39, 0.29) is 23.8 Å². The Morgan fingerprint density at radius 1 is 0.741 bits per heavy atom. The first-order valence-corrected chi connectivity index (χ1v) is 11.1. The molecule has 2 aliphatic rings. The Morgan fingerprint density at radius 2 is 1.04 bits per heavy atom. The molecule has 0 saturated heterocycles. The van der Waals surface area contributed by atoms with Gasteiger partial charge in [-0.15, -0.1) is 0 Å². The van der Waals surface area contributed by atoms with Crippen molar-refractivity contribution < 1.29 is 19.1 Å². The molecule has 0 N–H and O–H groups in total. The van der Waals surface area contributed by atoms with Crippen molar-refractivity contribution in [3.05, 3.63) is 0 Å². The van der Waals surface area contributed by atoms with Crippen LogP contribution in [0.2, 0.25) is 0 Å². The highest BCUT2D eigenvalue weighted by Crippen LogP contribution is 2.46. The normalized spacial score (nSPS) is 21.6. The lowest BCUT2D eigenvalue weighted by atomic mass is 9.68. The zero-order chi connectivity index (χ0) is 20.3. The third-order valence-corrected chi connectivity index (χ3v) is 7.43. The number of hydrogen-bond donors (Lipinski definition) is 0. The molecule has 2 rings (SSSR count). The number of carbonyl (C=O) groups is 2. The first kappa shape index (κ1) is 22.2. The van der Waals surface area contributed by atoms with Crippen LogP contribution in [0.4, 0.5) is 0 Å². The van der Waals surface area contributed by atoms with Crippen molar-refractivity contribution in [2.45, 2.75) is 117 Å². The van der Waals surface area contributed by atoms with Crippen molar-refractivity contribution in [2.24, 2.45) is 17.3 Å². The van der Waals surface area contributed by atoms with Crippen molar-refractivity contribution in [1.82, 2.24) is 0 Å². The van der Waals surface area contributed by atoms with E-state index < -0.39 is 16.6 Å². The SMILES string of the molecule is CCC1(OC(=O)C(C(=O)OC2(CC)CCCC2)(C(C)C)C(C)C)CCCC1. The van der Waals surface area contributed by atoms with E-state index in [9.17, 15) is 9.59 Å². The fourth-order valence-corrected chi connectivity index (χ4v) is 5.35. The molecule has 0 aromatic carbocycles. The fourth-order valence-electron chi connectivity index (χ4n) is 5.35. The van der Waals surface area contributed by atoms with E-state index in [0.29, 0.717) is 0 Å². The van der Waals surface area contributed by atoms with Crippen molar-refractivity contribution >= 4 is 11.9 Å². The van der Waals surface area contributed by atoms with E-state index in [0.717, 1.165) is 64.2 Å². The van der Waals surface area contributed by atoms with Gasteiger partial charge in [-0.2, -0.15) is 0 Å². The van der Waals surface area contributed by atoms with Gasteiger partial charge in [0.25, 0.3) is 0 Å². The maximum atomic E-state index is 13.6. The molecule has 2 fully saturated rings. The quantitative estimate of drug-likeness (QED) is 0.393. The lowest BCUT2D eigenvalue weighted by Crippen LogP contribution is -2.54. The van der Waals surface area contributed by atoms with E-state index in [1.165, 1.54) is 0 Å². The first-order valence-electron chi connectivity index (χ1n) is 11.1. The molecule has 4 nitrogen and oxygen atoms in total. The highest BCUT2D eigenvalue weighted by atomic mass is 16.6. The Hall–Kier alpha value is -1.06. The Morgan fingerprint density at radius 3 is 1.26 bits per heavy atom. The molecular formula is C23H40O4. The van der Waals surface area contributed by atoms with Crippen LogP contribution in [-0.2, 0) is 19.1 Å². The van der Waals surface area contributed by atoms with E-state index in [1.54, 1.807) is 0 Å². The zero-order valence-electron chi connectivity index (χ0n) is 18.4. The Kier molecular flexibility index (Phi) is 7.02. The molecule has 0 spiro atoms. The third kappa shape index (κ3) is 4.05. The maximum absolute atomic E-state index is 13.6. The number of carbonyl (C=O) groups excluding carboxylic acids is 2. The molecule has 156 valence electrons. The van der Waals surface area contributed by atoms with Crippen LogP contribution in [0.1, 0.15) is 106 Å². The second-order valence-corrected chi connectivity index (χ2v) is 9.44. The third-order valence-electron chi connectivity index (χ3n) is 7.43. The van der Waals surface area contributed by atoms with E-state index in [4.69, 9.17) is 9.47 Å². The molecule has 0 amide bonds. The minimum atomic E-state index is -1.24. The molecule has 0 heterocycles. The van der Waals surface area contributed by atoms with Crippen LogP contribution < -0.4 is 0 Å². The summed E-state index contributed by atoms with van der Waals surface area (Å²) >= 11 is 0. The second-order valence-electron chi connectivity index (χ2n) is 9.44. The van der Waals surface area contributed by atoms with Gasteiger partial charge < -0.3 is 9.47 Å². The minimum absolute atomic E-state index is 0.178. The largest absolute Gasteiger partial charge is 0.458 e. The van der Waals surface area contributed by atoms with Gasteiger partial charge in [0.1, 0.15) is 11.2 Å². The number of ether oxygens (including phenoxy) is 2. The van der Waals surface area contributed by atoms with Crippen LogP contribution >= 0.6 is 0 Å². The van der Waals surface area contributed by atoms with Gasteiger partial charge in [0.15, 0.2) is 5.41 Å². The molecule has 0 atom stereocenters. The smallest absolute Gasteiger partial charge is 0.324 e. The van der Waals surface area contributed by atoms with Crippen LogP contribution in [-0.4, -0.2) is 23.1 Å². The van der Waals surface area contributed by atoms with Gasteiger partial charge in [-0.25, -0.2) is 0 Å². The van der Waals surface area contributed by atoms with Gasteiger partial charge >= 0.3 is 11.9 Å². The molecular weight excluding hydrogens is 340 g/mol. The van der Waals surface area contributed by atoms with Crippen LogP contribution in [0.15, 0.2) is 0 Å². The minimum Gasteiger partial charge on any atom is -0.458 e. The van der Waals surface area contributed by atoms with Crippen LogP contribution in [0, 0.1) is 17.3 Å². The molecule has 27 heavy (non-hydrogen) atoms. The molecule has 4 heteroatoms. The van der Waals surface area contributed by atoms with Crippen molar-refractivity contribution in [3.8, 4) is 0 Å². The number of esters is 2. The van der Waals surface area contributed by atoms with Crippen LogP contribution in [0.25, 0.3) is 0 Å². The highest BCUT2D eigenvalue weighted by molar-refractivity contribution is 6.01. The summed E-state index contributed by atoms with van der Waals surface area (Å²) in [4.78, 5) is 27.1. The van der Waals surface area contributed by atoms with Crippen LogP contribution in [0.3, 0.4) is 0 Å². The predicted octanol–water partition coefficient (Wildman–Crippen LogP) is 5.82. The van der Waals surface area contributed by atoms with Gasteiger partial charge in [-0.05, 0) is 76.0 Å². The molecule has 0 aromatic heterocycles.